The molecule has 6 heteroatoms. The largest absolute Gasteiger partial charge is 0.493 e. The van der Waals surface area contributed by atoms with Gasteiger partial charge in [0.05, 0.1) is 13.7 Å². The highest BCUT2D eigenvalue weighted by molar-refractivity contribution is 5.93. The van der Waals surface area contributed by atoms with Gasteiger partial charge in [-0.15, -0.1) is 0 Å². The van der Waals surface area contributed by atoms with Crippen molar-refractivity contribution in [3.05, 3.63) is 29.8 Å². The zero-order valence-electron chi connectivity index (χ0n) is 18.6. The van der Waals surface area contributed by atoms with Crippen molar-refractivity contribution >= 4 is 17.9 Å². The quantitative estimate of drug-likeness (QED) is 0.481. The molecule has 0 radical (unpaired) electrons. The maximum atomic E-state index is 12.5. The molecule has 2 amide bonds. The minimum absolute atomic E-state index is 0.0807. The van der Waals surface area contributed by atoms with Gasteiger partial charge in [0.1, 0.15) is 0 Å². The monoisotopic (exact) mass is 426 g/mol. The summed E-state index contributed by atoms with van der Waals surface area (Å²) in [4.78, 5) is 24.7. The number of rotatable bonds is 8. The second-order valence-corrected chi connectivity index (χ2v) is 9.72. The summed E-state index contributed by atoms with van der Waals surface area (Å²) in [5.74, 6) is 3.31. The number of hydrogen-bond acceptors (Lipinski definition) is 4. The van der Waals surface area contributed by atoms with E-state index >= 15 is 0 Å². The molecule has 0 unspecified atom stereocenters. The fourth-order valence-electron chi connectivity index (χ4n) is 6.36. The van der Waals surface area contributed by atoms with Gasteiger partial charge in [0.15, 0.2) is 11.5 Å². The predicted molar refractivity (Wildman–Crippen MR) is 119 cm³/mol. The fraction of sp³-hybridized carbons (Fsp3) is 0.600. The SMILES string of the molecule is CCCOc1ccc(/C=C/C(=O)NNC(=O)CC23CC4CC(CC(C4)C2)C3)cc1OC. The third-order valence-electron chi connectivity index (χ3n) is 7.10. The Hall–Kier alpha value is -2.50. The molecule has 4 fully saturated rings. The van der Waals surface area contributed by atoms with Gasteiger partial charge in [0.2, 0.25) is 5.91 Å². The Labute approximate surface area is 184 Å². The van der Waals surface area contributed by atoms with Gasteiger partial charge in [-0.05, 0) is 91.9 Å². The van der Waals surface area contributed by atoms with Crippen LogP contribution in [0.2, 0.25) is 0 Å². The summed E-state index contributed by atoms with van der Waals surface area (Å²) in [6.07, 6.45) is 12.2. The Bertz CT molecular complexity index is 813. The first-order valence-electron chi connectivity index (χ1n) is 11.6. The van der Waals surface area contributed by atoms with Crippen LogP contribution in [0.25, 0.3) is 6.08 Å². The van der Waals surface area contributed by atoms with Gasteiger partial charge in [-0.3, -0.25) is 20.4 Å². The molecule has 0 heterocycles. The summed E-state index contributed by atoms with van der Waals surface area (Å²) in [5.41, 5.74) is 6.12. The third kappa shape index (κ3) is 5.23. The molecule has 4 bridgehead atoms. The van der Waals surface area contributed by atoms with Crippen LogP contribution < -0.4 is 20.3 Å². The molecule has 2 N–H and O–H groups in total. The molecule has 0 atom stereocenters. The van der Waals surface area contributed by atoms with E-state index in [0.29, 0.717) is 24.5 Å². The van der Waals surface area contributed by atoms with Gasteiger partial charge < -0.3 is 9.47 Å². The van der Waals surface area contributed by atoms with Gasteiger partial charge in [0.25, 0.3) is 5.91 Å². The number of amides is 2. The van der Waals surface area contributed by atoms with Crippen molar-refractivity contribution in [1.82, 2.24) is 10.9 Å². The predicted octanol–water partition coefficient (Wildman–Crippen LogP) is 4.25. The van der Waals surface area contributed by atoms with Crippen molar-refractivity contribution < 1.29 is 19.1 Å². The highest BCUT2D eigenvalue weighted by atomic mass is 16.5. The van der Waals surface area contributed by atoms with Gasteiger partial charge >= 0.3 is 0 Å². The average molecular weight is 427 g/mol. The van der Waals surface area contributed by atoms with Gasteiger partial charge in [0, 0.05) is 12.5 Å². The lowest BCUT2D eigenvalue weighted by molar-refractivity contribution is -0.133. The number of hydrogen-bond donors (Lipinski definition) is 2. The van der Waals surface area contributed by atoms with E-state index < -0.39 is 0 Å². The summed E-state index contributed by atoms with van der Waals surface area (Å²) >= 11 is 0. The van der Waals surface area contributed by atoms with Crippen molar-refractivity contribution in [2.24, 2.45) is 23.2 Å². The lowest BCUT2D eigenvalue weighted by Crippen LogP contribution is -2.49. The van der Waals surface area contributed by atoms with E-state index in [4.69, 9.17) is 9.47 Å². The van der Waals surface area contributed by atoms with Crippen LogP contribution >= 0.6 is 0 Å². The van der Waals surface area contributed by atoms with Crippen molar-refractivity contribution in [1.29, 1.82) is 0 Å². The maximum Gasteiger partial charge on any atom is 0.262 e. The smallest absolute Gasteiger partial charge is 0.262 e. The van der Waals surface area contributed by atoms with Crippen LogP contribution in [-0.2, 0) is 9.59 Å². The molecule has 5 rings (SSSR count). The molecule has 1 aromatic carbocycles. The first kappa shape index (κ1) is 21.7. The van der Waals surface area contributed by atoms with E-state index in [1.807, 2.05) is 25.1 Å². The van der Waals surface area contributed by atoms with Gasteiger partial charge in [-0.1, -0.05) is 13.0 Å². The Morgan fingerprint density at radius 3 is 2.35 bits per heavy atom. The van der Waals surface area contributed by atoms with Gasteiger partial charge in [-0.2, -0.15) is 0 Å². The van der Waals surface area contributed by atoms with Crippen molar-refractivity contribution in [2.75, 3.05) is 13.7 Å². The van der Waals surface area contributed by atoms with Crippen LogP contribution in [-0.4, -0.2) is 25.5 Å². The number of carbonyl (C=O) groups is 2. The molecular formula is C25H34N2O4. The van der Waals surface area contributed by atoms with Crippen molar-refractivity contribution in [3.63, 3.8) is 0 Å². The van der Waals surface area contributed by atoms with Crippen LogP contribution in [0.1, 0.15) is 63.9 Å². The third-order valence-corrected chi connectivity index (χ3v) is 7.10. The maximum absolute atomic E-state index is 12.5. The number of carbonyl (C=O) groups excluding carboxylic acids is 2. The first-order chi connectivity index (χ1) is 15.0. The highest BCUT2D eigenvalue weighted by Crippen LogP contribution is 2.61. The highest BCUT2D eigenvalue weighted by Gasteiger charge is 2.51. The Morgan fingerprint density at radius 2 is 1.74 bits per heavy atom. The molecule has 31 heavy (non-hydrogen) atoms. The normalized spacial score (nSPS) is 28.5. The molecule has 4 aliphatic rings. The molecule has 0 spiro atoms. The molecular weight excluding hydrogens is 392 g/mol. The summed E-state index contributed by atoms with van der Waals surface area (Å²) < 4.78 is 11.0. The molecule has 1 aromatic rings. The Kier molecular flexibility index (Phi) is 6.54. The molecule has 6 nitrogen and oxygen atoms in total. The Balaban J connectivity index is 1.26. The Morgan fingerprint density at radius 1 is 1.06 bits per heavy atom. The van der Waals surface area contributed by atoms with Crippen LogP contribution in [0.15, 0.2) is 24.3 Å². The van der Waals surface area contributed by atoms with Gasteiger partial charge in [-0.25, -0.2) is 0 Å². The summed E-state index contributed by atoms with van der Waals surface area (Å²) in [7, 11) is 1.59. The van der Waals surface area contributed by atoms with Crippen molar-refractivity contribution in [3.8, 4) is 11.5 Å². The fourth-order valence-corrected chi connectivity index (χ4v) is 6.36. The first-order valence-corrected chi connectivity index (χ1v) is 11.6. The molecule has 0 saturated heterocycles. The van der Waals surface area contributed by atoms with E-state index in [1.54, 1.807) is 13.2 Å². The number of benzene rings is 1. The topological polar surface area (TPSA) is 76.7 Å². The standard InChI is InChI=1S/C25H34N2O4/c1-3-8-31-21-6-4-17(12-22(21)30-2)5-7-23(28)26-27-24(29)16-25-13-18-9-19(14-25)11-20(10-18)15-25/h4-7,12,18-20H,3,8-11,13-16H2,1-2H3,(H,26,28)(H,27,29)/b7-5+. The van der Waals surface area contributed by atoms with Crippen LogP contribution in [0.3, 0.4) is 0 Å². The minimum atomic E-state index is -0.357. The lowest BCUT2D eigenvalue weighted by atomic mass is 9.49. The van der Waals surface area contributed by atoms with E-state index in [1.165, 1.54) is 44.6 Å². The molecule has 0 aliphatic heterocycles. The number of ether oxygens (including phenoxy) is 2. The van der Waals surface area contributed by atoms with Crippen molar-refractivity contribution in [2.45, 2.75) is 58.3 Å². The van der Waals surface area contributed by atoms with E-state index in [9.17, 15) is 9.59 Å². The summed E-state index contributed by atoms with van der Waals surface area (Å²) in [6, 6.07) is 5.52. The number of methoxy groups -OCH3 is 1. The number of nitrogens with one attached hydrogen (secondary N) is 2. The van der Waals surface area contributed by atoms with E-state index in [2.05, 4.69) is 10.9 Å². The zero-order chi connectivity index (χ0) is 21.8. The van der Waals surface area contributed by atoms with Crippen LogP contribution in [0.4, 0.5) is 0 Å². The van der Waals surface area contributed by atoms with Crippen LogP contribution in [0.5, 0.6) is 11.5 Å². The average Bonchev–Trinajstić information content (AvgIpc) is 2.73. The second-order valence-electron chi connectivity index (χ2n) is 9.72. The van der Waals surface area contributed by atoms with E-state index in [-0.39, 0.29) is 17.2 Å². The molecule has 4 aliphatic carbocycles. The summed E-state index contributed by atoms with van der Waals surface area (Å²) in [5, 5.41) is 0. The minimum Gasteiger partial charge on any atom is -0.493 e. The molecule has 168 valence electrons. The zero-order valence-corrected chi connectivity index (χ0v) is 18.6. The number of hydrazine groups is 1. The van der Waals surface area contributed by atoms with Crippen LogP contribution in [0, 0.1) is 23.2 Å². The summed E-state index contributed by atoms with van der Waals surface area (Å²) in [6.45, 7) is 2.67. The lowest BCUT2D eigenvalue weighted by Gasteiger charge is -2.56. The second kappa shape index (κ2) is 9.33. The molecule has 0 aromatic heterocycles. The molecule has 4 saturated carbocycles. The van der Waals surface area contributed by atoms with E-state index in [0.717, 1.165) is 29.7 Å².